The molecule has 2 aliphatic rings. The number of hydrogen-bond donors (Lipinski definition) is 1. The Morgan fingerprint density at radius 2 is 1.81 bits per heavy atom. The highest BCUT2D eigenvalue weighted by Gasteiger charge is 2.40. The first-order chi connectivity index (χ1) is 20.5. The van der Waals surface area contributed by atoms with Crippen molar-refractivity contribution in [3.05, 3.63) is 41.5 Å². The van der Waals surface area contributed by atoms with E-state index < -0.39 is 18.0 Å². The van der Waals surface area contributed by atoms with E-state index in [2.05, 4.69) is 27.3 Å². The maximum atomic E-state index is 13.9. The van der Waals surface area contributed by atoms with Gasteiger partial charge in [-0.25, -0.2) is 0 Å². The first kappa shape index (κ1) is 32.4. The zero-order chi connectivity index (χ0) is 31.1. The molecule has 11 heteroatoms. The van der Waals surface area contributed by atoms with Crippen LogP contribution in [0.1, 0.15) is 89.3 Å². The number of carbonyl (C=O) groups excluding carboxylic acids is 3. The van der Waals surface area contributed by atoms with Crippen molar-refractivity contribution in [1.82, 2.24) is 30.2 Å². The maximum absolute atomic E-state index is 13.9. The second-order valence-corrected chi connectivity index (χ2v) is 13.1. The standard InChI is InChI=1S/C32H48N6O5/c1-7-14-36-16-18-37(19-17-36)30(41)25-12-10-15-38(25)29(40)24(20-22(2)3)33-28(39)23-11-8-9-13-26(23)42-21-27-34-31(43-35-27)32(4,5)6/h8-9,11,13,22,24-25H,7,10,12,14-21H2,1-6H3,(H,33,39)/t24-,25-/m1/s1. The van der Waals surface area contributed by atoms with Gasteiger partial charge >= 0.3 is 0 Å². The molecule has 1 aromatic heterocycles. The fourth-order valence-corrected chi connectivity index (χ4v) is 5.67. The summed E-state index contributed by atoms with van der Waals surface area (Å²) in [7, 11) is 0. The van der Waals surface area contributed by atoms with E-state index in [4.69, 9.17) is 9.26 Å². The number of piperazine rings is 1. The molecule has 0 saturated carbocycles. The summed E-state index contributed by atoms with van der Waals surface area (Å²) in [6.07, 6.45) is 2.96. The first-order valence-electron chi connectivity index (χ1n) is 15.6. The summed E-state index contributed by atoms with van der Waals surface area (Å²) in [5, 5.41) is 6.96. The Bertz CT molecular complexity index is 1250. The van der Waals surface area contributed by atoms with E-state index in [0.717, 1.165) is 32.5 Å². The number of amides is 3. The molecule has 0 bridgehead atoms. The largest absolute Gasteiger partial charge is 0.485 e. The van der Waals surface area contributed by atoms with Crippen LogP contribution in [0.3, 0.4) is 0 Å². The minimum atomic E-state index is -0.762. The Balaban J connectivity index is 1.43. The molecule has 2 saturated heterocycles. The lowest BCUT2D eigenvalue weighted by Gasteiger charge is -2.38. The SMILES string of the molecule is CCCN1CCN(C(=O)[C@H]2CCCN2C(=O)[C@@H](CC(C)C)NC(=O)c2ccccc2OCc2noc(C(C)(C)C)n2)CC1. The van der Waals surface area contributed by atoms with Crippen molar-refractivity contribution in [2.24, 2.45) is 5.92 Å². The van der Waals surface area contributed by atoms with E-state index >= 15 is 0 Å². The lowest BCUT2D eigenvalue weighted by atomic mass is 9.97. The van der Waals surface area contributed by atoms with Gasteiger partial charge in [0.05, 0.1) is 5.56 Å². The number of ether oxygens (including phenoxy) is 1. The molecular formula is C32H48N6O5. The number of rotatable bonds is 11. The van der Waals surface area contributed by atoms with Crippen molar-refractivity contribution in [2.75, 3.05) is 39.3 Å². The van der Waals surface area contributed by atoms with Crippen LogP contribution in [0.4, 0.5) is 0 Å². The Morgan fingerprint density at radius 3 is 2.47 bits per heavy atom. The molecule has 1 N–H and O–H groups in total. The highest BCUT2D eigenvalue weighted by Crippen LogP contribution is 2.25. The molecule has 11 nitrogen and oxygen atoms in total. The van der Waals surface area contributed by atoms with Crippen LogP contribution in [-0.4, -0.2) is 93.9 Å². The molecule has 43 heavy (non-hydrogen) atoms. The normalized spacial score (nSPS) is 18.6. The fourth-order valence-electron chi connectivity index (χ4n) is 5.67. The van der Waals surface area contributed by atoms with Crippen molar-refractivity contribution in [1.29, 1.82) is 0 Å². The van der Waals surface area contributed by atoms with Crippen LogP contribution < -0.4 is 10.1 Å². The second-order valence-electron chi connectivity index (χ2n) is 13.1. The molecule has 3 heterocycles. The van der Waals surface area contributed by atoms with Crippen LogP contribution >= 0.6 is 0 Å². The van der Waals surface area contributed by atoms with Crippen molar-refractivity contribution < 1.29 is 23.6 Å². The van der Waals surface area contributed by atoms with Gasteiger partial charge in [0.2, 0.25) is 23.5 Å². The van der Waals surface area contributed by atoms with Gasteiger partial charge in [0.1, 0.15) is 17.8 Å². The van der Waals surface area contributed by atoms with Gasteiger partial charge in [-0.2, -0.15) is 4.98 Å². The molecule has 0 spiro atoms. The number of carbonyl (C=O) groups is 3. The van der Waals surface area contributed by atoms with Crippen molar-refractivity contribution >= 4 is 17.7 Å². The third kappa shape index (κ3) is 8.34. The molecule has 3 amide bonds. The third-order valence-electron chi connectivity index (χ3n) is 7.95. The summed E-state index contributed by atoms with van der Waals surface area (Å²) >= 11 is 0. The predicted molar refractivity (Wildman–Crippen MR) is 163 cm³/mol. The second kappa shape index (κ2) is 14.3. The molecular weight excluding hydrogens is 548 g/mol. The Labute approximate surface area is 255 Å². The van der Waals surface area contributed by atoms with Gasteiger partial charge in [0.25, 0.3) is 5.91 Å². The van der Waals surface area contributed by atoms with Crippen LogP contribution in [0.2, 0.25) is 0 Å². The van der Waals surface area contributed by atoms with E-state index in [1.165, 1.54) is 0 Å². The minimum absolute atomic E-state index is 0.0199. The van der Waals surface area contributed by atoms with E-state index in [1.807, 2.05) is 39.5 Å². The maximum Gasteiger partial charge on any atom is 0.255 e. The van der Waals surface area contributed by atoms with Crippen LogP contribution in [0.15, 0.2) is 28.8 Å². The topological polar surface area (TPSA) is 121 Å². The van der Waals surface area contributed by atoms with Crippen LogP contribution in [0.25, 0.3) is 0 Å². The molecule has 4 rings (SSSR count). The Hall–Kier alpha value is -3.47. The van der Waals surface area contributed by atoms with Gasteiger partial charge in [-0.15, -0.1) is 0 Å². The average molecular weight is 597 g/mol. The van der Waals surface area contributed by atoms with Crippen LogP contribution in [-0.2, 0) is 21.6 Å². The van der Waals surface area contributed by atoms with Gasteiger partial charge in [0, 0.05) is 38.1 Å². The lowest BCUT2D eigenvalue weighted by Crippen LogP contribution is -2.57. The molecule has 0 radical (unpaired) electrons. The van der Waals surface area contributed by atoms with E-state index in [0.29, 0.717) is 55.5 Å². The molecule has 2 aliphatic heterocycles. The lowest BCUT2D eigenvalue weighted by molar-refractivity contribution is -0.146. The van der Waals surface area contributed by atoms with Crippen molar-refractivity contribution in [3.8, 4) is 5.75 Å². The van der Waals surface area contributed by atoms with Gasteiger partial charge < -0.3 is 24.4 Å². The number of benzene rings is 1. The number of hydrogen-bond acceptors (Lipinski definition) is 8. The van der Waals surface area contributed by atoms with Gasteiger partial charge in [-0.05, 0) is 50.3 Å². The summed E-state index contributed by atoms with van der Waals surface area (Å²) < 4.78 is 11.3. The monoisotopic (exact) mass is 596 g/mol. The fraction of sp³-hybridized carbons (Fsp3) is 0.656. The highest BCUT2D eigenvalue weighted by atomic mass is 16.5. The number of aromatic nitrogens is 2. The molecule has 0 unspecified atom stereocenters. The summed E-state index contributed by atoms with van der Waals surface area (Å²) in [5.41, 5.74) is 0.0199. The van der Waals surface area contributed by atoms with Crippen LogP contribution in [0.5, 0.6) is 5.75 Å². The number of para-hydroxylation sites is 1. The third-order valence-corrected chi connectivity index (χ3v) is 7.95. The zero-order valence-corrected chi connectivity index (χ0v) is 26.6. The van der Waals surface area contributed by atoms with Gasteiger partial charge in [0.15, 0.2) is 6.61 Å². The quantitative estimate of drug-likeness (QED) is 0.418. The van der Waals surface area contributed by atoms with E-state index in [-0.39, 0.29) is 29.8 Å². The van der Waals surface area contributed by atoms with Gasteiger partial charge in [-0.1, -0.05) is 58.8 Å². The van der Waals surface area contributed by atoms with E-state index in [1.54, 1.807) is 29.2 Å². The number of nitrogens with one attached hydrogen (secondary N) is 1. The molecule has 0 aliphatic carbocycles. The molecule has 236 valence electrons. The Kier molecular flexibility index (Phi) is 10.8. The molecule has 1 aromatic carbocycles. The molecule has 2 fully saturated rings. The van der Waals surface area contributed by atoms with Crippen molar-refractivity contribution in [3.63, 3.8) is 0 Å². The number of nitrogens with zero attached hydrogens (tertiary/aromatic N) is 5. The zero-order valence-electron chi connectivity index (χ0n) is 26.6. The predicted octanol–water partition coefficient (Wildman–Crippen LogP) is 3.64. The molecule has 2 atom stereocenters. The minimum Gasteiger partial charge on any atom is -0.485 e. The van der Waals surface area contributed by atoms with Gasteiger partial charge in [-0.3, -0.25) is 19.3 Å². The summed E-state index contributed by atoms with van der Waals surface area (Å²) in [5.74, 6) is 0.795. The summed E-state index contributed by atoms with van der Waals surface area (Å²) in [6, 6.07) is 5.65. The first-order valence-corrected chi connectivity index (χ1v) is 15.6. The smallest absolute Gasteiger partial charge is 0.255 e. The Morgan fingerprint density at radius 1 is 1.09 bits per heavy atom. The summed E-state index contributed by atoms with van der Waals surface area (Å²) in [4.78, 5) is 51.4. The van der Waals surface area contributed by atoms with Crippen molar-refractivity contribution in [2.45, 2.75) is 91.3 Å². The summed E-state index contributed by atoms with van der Waals surface area (Å²) in [6.45, 7) is 16.8. The van der Waals surface area contributed by atoms with Crippen LogP contribution in [0, 0.1) is 5.92 Å². The average Bonchev–Trinajstić information content (AvgIpc) is 3.66. The molecule has 2 aromatic rings. The highest BCUT2D eigenvalue weighted by molar-refractivity contribution is 6.00. The number of likely N-dealkylation sites (tertiary alicyclic amines) is 1. The van der Waals surface area contributed by atoms with E-state index in [9.17, 15) is 14.4 Å².